The summed E-state index contributed by atoms with van der Waals surface area (Å²) < 4.78 is 0.705. The molecule has 2 aromatic carbocycles. The Hall–Kier alpha value is -3.63. The molecule has 0 saturated carbocycles. The Morgan fingerprint density at radius 3 is 2.70 bits per heavy atom. The third-order valence-electron chi connectivity index (χ3n) is 7.42. The molecule has 37 heavy (non-hydrogen) atoms. The van der Waals surface area contributed by atoms with Gasteiger partial charge in [-0.25, -0.2) is 0 Å². The maximum Gasteiger partial charge on any atom is 0.262 e. The summed E-state index contributed by atoms with van der Waals surface area (Å²) in [6.45, 7) is 1.65. The summed E-state index contributed by atoms with van der Waals surface area (Å²) in [5.74, 6) is -0.650. The van der Waals surface area contributed by atoms with Crippen LogP contribution in [0.4, 0.5) is 5.69 Å². The van der Waals surface area contributed by atoms with Crippen molar-refractivity contribution in [2.75, 3.05) is 18.8 Å². The molecule has 2 aromatic heterocycles. The highest BCUT2D eigenvalue weighted by atomic mass is 32.1. The van der Waals surface area contributed by atoms with E-state index in [4.69, 9.17) is 17.2 Å². The maximum atomic E-state index is 14.0. The highest BCUT2D eigenvalue weighted by molar-refractivity contribution is 7.21. The van der Waals surface area contributed by atoms with E-state index in [1.165, 1.54) is 11.3 Å². The summed E-state index contributed by atoms with van der Waals surface area (Å²) >= 11 is 1.26. The fourth-order valence-electron chi connectivity index (χ4n) is 5.50. The van der Waals surface area contributed by atoms with E-state index >= 15 is 0 Å². The van der Waals surface area contributed by atoms with E-state index in [9.17, 15) is 9.59 Å². The minimum atomic E-state index is -1.59. The van der Waals surface area contributed by atoms with Crippen molar-refractivity contribution in [1.82, 2.24) is 15.6 Å². The highest BCUT2D eigenvalue weighted by Gasteiger charge is 2.49. The maximum absolute atomic E-state index is 14.0. The molecule has 4 aromatic rings. The number of piperidine rings is 1. The second-order valence-corrected chi connectivity index (χ2v) is 10.7. The Morgan fingerprint density at radius 2 is 1.95 bits per heavy atom. The second-order valence-electron chi connectivity index (χ2n) is 9.71. The number of anilines is 1. The normalized spacial score (nSPS) is 23.2. The Labute approximate surface area is 218 Å². The van der Waals surface area contributed by atoms with Crippen molar-refractivity contribution >= 4 is 38.8 Å². The van der Waals surface area contributed by atoms with Gasteiger partial charge in [0.1, 0.15) is 5.54 Å². The molecule has 2 aliphatic rings. The summed E-state index contributed by atoms with van der Waals surface area (Å²) in [6, 6.07) is 16.0. The molecule has 1 aliphatic heterocycles. The summed E-state index contributed by atoms with van der Waals surface area (Å²) in [6.07, 6.45) is 3.54. The lowest BCUT2D eigenvalue weighted by Crippen LogP contribution is -2.53. The molecule has 8 N–H and O–H groups in total. The zero-order valence-corrected chi connectivity index (χ0v) is 21.0. The number of carbonyl (C=O) groups is 2. The fourth-order valence-corrected chi connectivity index (χ4v) is 6.70. The van der Waals surface area contributed by atoms with Crippen molar-refractivity contribution in [3.8, 4) is 11.1 Å². The first-order valence-electron chi connectivity index (χ1n) is 12.4. The molecule has 0 spiro atoms. The van der Waals surface area contributed by atoms with Crippen molar-refractivity contribution in [2.24, 2.45) is 11.5 Å². The van der Waals surface area contributed by atoms with Crippen molar-refractivity contribution in [1.29, 1.82) is 0 Å². The molecule has 188 valence electrons. The van der Waals surface area contributed by atoms with Crippen LogP contribution in [-0.2, 0) is 10.3 Å². The van der Waals surface area contributed by atoms with E-state index in [0.29, 0.717) is 44.0 Å². The minimum absolute atomic E-state index is 0.0181. The molecule has 8 nitrogen and oxygen atoms in total. The van der Waals surface area contributed by atoms with Gasteiger partial charge in [0.15, 0.2) is 5.78 Å². The fraction of sp³-hybridized carbons (Fsp3) is 0.250. The zero-order chi connectivity index (χ0) is 25.7. The second kappa shape index (κ2) is 9.04. The third-order valence-corrected chi connectivity index (χ3v) is 8.68. The van der Waals surface area contributed by atoms with Gasteiger partial charge in [-0.05, 0) is 54.3 Å². The number of nitrogen functional groups attached to an aromatic ring is 1. The number of Topliss-reactive ketones (excluding diaryl/α,β-unsaturated/α-hetero) is 1. The minimum Gasteiger partial charge on any atom is -0.398 e. The largest absolute Gasteiger partial charge is 0.398 e. The Kier molecular flexibility index (Phi) is 5.80. The molecule has 9 heteroatoms. The number of amides is 1. The van der Waals surface area contributed by atoms with Crippen molar-refractivity contribution in [2.45, 2.75) is 30.5 Å². The lowest BCUT2D eigenvalue weighted by molar-refractivity contribution is -0.124. The number of aromatic nitrogens is 1. The van der Waals surface area contributed by atoms with E-state index in [1.54, 1.807) is 18.3 Å². The molecule has 3 atom stereocenters. The van der Waals surface area contributed by atoms with Gasteiger partial charge in [0, 0.05) is 35.4 Å². The van der Waals surface area contributed by atoms with Crippen molar-refractivity contribution in [3.63, 3.8) is 0 Å². The number of benzene rings is 2. The number of pyridine rings is 1. The lowest BCUT2D eigenvalue weighted by Gasteiger charge is -2.36. The topological polar surface area (TPSA) is 149 Å². The first kappa shape index (κ1) is 23.7. The van der Waals surface area contributed by atoms with Gasteiger partial charge in [-0.1, -0.05) is 36.4 Å². The molecule has 3 unspecified atom stereocenters. The molecule has 1 aliphatic carbocycles. The van der Waals surface area contributed by atoms with Crippen LogP contribution < -0.4 is 27.8 Å². The van der Waals surface area contributed by atoms with Crippen LogP contribution in [0.15, 0.2) is 60.8 Å². The molecule has 3 heterocycles. The van der Waals surface area contributed by atoms with Crippen LogP contribution in [-0.4, -0.2) is 35.8 Å². The molecule has 1 fully saturated rings. The lowest BCUT2D eigenvalue weighted by atomic mass is 9.72. The summed E-state index contributed by atoms with van der Waals surface area (Å²) in [5.41, 5.74) is 22.2. The van der Waals surface area contributed by atoms with Crippen LogP contribution in [0.2, 0.25) is 0 Å². The molecule has 0 radical (unpaired) electrons. The van der Waals surface area contributed by atoms with E-state index in [1.807, 2.05) is 42.5 Å². The smallest absolute Gasteiger partial charge is 0.262 e. The van der Waals surface area contributed by atoms with Gasteiger partial charge in [0.25, 0.3) is 5.91 Å². The number of thiophene rings is 1. The first-order valence-corrected chi connectivity index (χ1v) is 13.2. The average molecular weight is 513 g/mol. The van der Waals surface area contributed by atoms with E-state index < -0.39 is 17.4 Å². The Balaban J connectivity index is 1.51. The number of nitrogens with two attached hydrogens (primary N) is 3. The summed E-state index contributed by atoms with van der Waals surface area (Å²) in [4.78, 5) is 32.3. The van der Waals surface area contributed by atoms with Crippen molar-refractivity contribution in [3.05, 3.63) is 82.5 Å². The number of nitrogens with zero attached hydrogens (tertiary/aromatic N) is 1. The van der Waals surface area contributed by atoms with Gasteiger partial charge in [0.05, 0.1) is 21.3 Å². The zero-order valence-electron chi connectivity index (χ0n) is 20.2. The molecular formula is C28H28N6O2S. The number of ketones is 1. The predicted octanol–water partition coefficient (Wildman–Crippen LogP) is 2.81. The Morgan fingerprint density at radius 1 is 1.14 bits per heavy atom. The monoisotopic (exact) mass is 512 g/mol. The average Bonchev–Trinajstić information content (AvgIpc) is 3.34. The number of rotatable bonds is 4. The third kappa shape index (κ3) is 3.74. The SMILES string of the molecule is Nc1ccc2c3c(c(C(=O)NC4CCCNC4)sc13)C(N)C(=O)C2(N)c1cc(-c2ccccc2)ccn1. The number of hydrogen-bond acceptors (Lipinski definition) is 8. The number of carbonyl (C=O) groups excluding carboxylic acids is 2. The van der Waals surface area contributed by atoms with Gasteiger partial charge in [-0.15, -0.1) is 11.3 Å². The first-order chi connectivity index (χ1) is 17.9. The Bertz CT molecular complexity index is 1530. The van der Waals surface area contributed by atoms with Gasteiger partial charge < -0.3 is 27.8 Å². The van der Waals surface area contributed by atoms with Crippen LogP contribution in [0, 0.1) is 0 Å². The van der Waals surface area contributed by atoms with E-state index in [-0.39, 0.29) is 11.9 Å². The van der Waals surface area contributed by atoms with Crippen LogP contribution >= 0.6 is 11.3 Å². The molecule has 6 rings (SSSR count). The summed E-state index contributed by atoms with van der Waals surface area (Å²) in [5, 5.41) is 7.09. The summed E-state index contributed by atoms with van der Waals surface area (Å²) in [7, 11) is 0. The highest BCUT2D eigenvalue weighted by Crippen LogP contribution is 2.49. The molecule has 0 bridgehead atoms. The van der Waals surface area contributed by atoms with Crippen molar-refractivity contribution < 1.29 is 9.59 Å². The molecule has 1 saturated heterocycles. The number of nitrogens with one attached hydrogen (secondary N) is 2. The number of hydrogen-bond donors (Lipinski definition) is 5. The van der Waals surface area contributed by atoms with Crippen LogP contribution in [0.1, 0.15) is 45.4 Å². The van der Waals surface area contributed by atoms with Gasteiger partial charge in [-0.2, -0.15) is 0 Å². The van der Waals surface area contributed by atoms with Gasteiger partial charge in [0.2, 0.25) is 0 Å². The standard InChI is InChI=1S/C28H28N6O2S/c29-19-9-8-18-21-22(25(37-24(19)21)27(36)34-17-7-4-11-32-14-17)23(30)26(35)28(18,31)20-13-16(10-12-33-20)15-5-2-1-3-6-15/h1-3,5-6,8-10,12-13,17,23,32H,4,7,11,14,29-31H2,(H,34,36). The molecular weight excluding hydrogens is 484 g/mol. The predicted molar refractivity (Wildman–Crippen MR) is 146 cm³/mol. The van der Waals surface area contributed by atoms with Crippen LogP contribution in [0.3, 0.4) is 0 Å². The van der Waals surface area contributed by atoms with Crippen LogP contribution in [0.5, 0.6) is 0 Å². The van der Waals surface area contributed by atoms with Crippen LogP contribution in [0.25, 0.3) is 21.2 Å². The van der Waals surface area contributed by atoms with Gasteiger partial charge in [-0.3, -0.25) is 14.6 Å². The molecule has 1 amide bonds. The van der Waals surface area contributed by atoms with E-state index in [0.717, 1.165) is 30.5 Å². The van der Waals surface area contributed by atoms with Gasteiger partial charge >= 0.3 is 0 Å². The van der Waals surface area contributed by atoms with E-state index in [2.05, 4.69) is 15.6 Å². The quantitative estimate of drug-likeness (QED) is 0.264.